The van der Waals surface area contributed by atoms with Gasteiger partial charge in [-0.1, -0.05) is 40.0 Å². The quantitative estimate of drug-likeness (QED) is 0.664. The number of hydrogen-bond acceptors (Lipinski definition) is 3. The van der Waals surface area contributed by atoms with Gasteiger partial charge in [-0.3, -0.25) is 4.99 Å². The second-order valence-electron chi connectivity index (χ2n) is 6.78. The summed E-state index contributed by atoms with van der Waals surface area (Å²) in [6.07, 6.45) is 6.54. The lowest BCUT2D eigenvalue weighted by Crippen LogP contribution is -2.43. The van der Waals surface area contributed by atoms with Crippen molar-refractivity contribution in [3.05, 3.63) is 16.1 Å². The highest BCUT2D eigenvalue weighted by atomic mass is 32.1. The predicted octanol–water partition coefficient (Wildman–Crippen LogP) is 3.44. The average molecular weight is 308 g/mol. The highest BCUT2D eigenvalue weighted by Crippen LogP contribution is 2.23. The number of nitrogens with one attached hydrogen (secondary N) is 2. The van der Waals surface area contributed by atoms with Crippen molar-refractivity contribution in [2.24, 2.45) is 4.99 Å². The van der Waals surface area contributed by atoms with Gasteiger partial charge in [-0.25, -0.2) is 4.98 Å². The largest absolute Gasteiger partial charge is 0.354 e. The van der Waals surface area contributed by atoms with Crippen LogP contribution in [0.15, 0.2) is 10.4 Å². The Bertz CT molecular complexity index is 467. The Morgan fingerprint density at radius 1 is 1.33 bits per heavy atom. The summed E-state index contributed by atoms with van der Waals surface area (Å²) >= 11 is 1.72. The molecular formula is C16H28N4S. The standard InChI is InChI=1S/C16H28N4S/c1-16(2,3)13-11-21-14(20-13)10-18-15(17-4)19-12-8-6-5-7-9-12/h11-12H,5-10H2,1-4H3,(H2,17,18,19). The minimum Gasteiger partial charge on any atom is -0.354 e. The predicted molar refractivity (Wildman–Crippen MR) is 91.0 cm³/mol. The maximum Gasteiger partial charge on any atom is 0.191 e. The molecule has 0 unspecified atom stereocenters. The fourth-order valence-corrected chi connectivity index (χ4v) is 3.49. The Morgan fingerprint density at radius 2 is 2.05 bits per heavy atom. The van der Waals surface area contributed by atoms with Crippen LogP contribution in [0.1, 0.15) is 63.6 Å². The van der Waals surface area contributed by atoms with Crippen molar-refractivity contribution < 1.29 is 0 Å². The Kier molecular flexibility index (Phi) is 5.62. The lowest BCUT2D eigenvalue weighted by Gasteiger charge is -2.24. The van der Waals surface area contributed by atoms with Gasteiger partial charge in [-0.15, -0.1) is 11.3 Å². The van der Waals surface area contributed by atoms with Crippen molar-refractivity contribution in [3.8, 4) is 0 Å². The summed E-state index contributed by atoms with van der Waals surface area (Å²) in [4.78, 5) is 9.03. The van der Waals surface area contributed by atoms with E-state index in [1.165, 1.54) is 37.8 Å². The van der Waals surface area contributed by atoms with E-state index in [0.29, 0.717) is 6.04 Å². The first kappa shape index (κ1) is 16.3. The summed E-state index contributed by atoms with van der Waals surface area (Å²) in [6, 6.07) is 0.575. The second kappa shape index (κ2) is 7.25. The van der Waals surface area contributed by atoms with Crippen LogP contribution in [-0.2, 0) is 12.0 Å². The molecule has 0 radical (unpaired) electrons. The summed E-state index contributed by atoms with van der Waals surface area (Å²) < 4.78 is 0. The second-order valence-corrected chi connectivity index (χ2v) is 7.72. The van der Waals surface area contributed by atoms with Crippen LogP contribution < -0.4 is 10.6 Å². The molecule has 118 valence electrons. The summed E-state index contributed by atoms with van der Waals surface area (Å²) in [5, 5.41) is 10.2. The van der Waals surface area contributed by atoms with Crippen LogP contribution in [0.2, 0.25) is 0 Å². The van der Waals surface area contributed by atoms with Gasteiger partial charge in [-0.2, -0.15) is 0 Å². The average Bonchev–Trinajstić information content (AvgIpc) is 2.93. The van der Waals surface area contributed by atoms with E-state index < -0.39 is 0 Å². The minimum absolute atomic E-state index is 0.122. The van der Waals surface area contributed by atoms with Crippen molar-refractivity contribution in [1.82, 2.24) is 15.6 Å². The number of aliphatic imine (C=N–C) groups is 1. The number of hydrogen-bond donors (Lipinski definition) is 2. The first-order valence-corrected chi connectivity index (χ1v) is 8.79. The molecule has 0 aliphatic heterocycles. The van der Waals surface area contributed by atoms with Crippen LogP contribution in [-0.4, -0.2) is 24.0 Å². The molecule has 1 saturated carbocycles. The smallest absolute Gasteiger partial charge is 0.191 e. The van der Waals surface area contributed by atoms with E-state index in [9.17, 15) is 0 Å². The van der Waals surface area contributed by atoms with Crippen molar-refractivity contribution in [2.75, 3.05) is 7.05 Å². The number of nitrogens with zero attached hydrogens (tertiary/aromatic N) is 2. The molecule has 1 fully saturated rings. The normalized spacial score (nSPS) is 17.8. The van der Waals surface area contributed by atoms with Crippen LogP contribution in [0.5, 0.6) is 0 Å². The molecule has 1 aromatic rings. The van der Waals surface area contributed by atoms with Crippen molar-refractivity contribution in [3.63, 3.8) is 0 Å². The van der Waals surface area contributed by atoms with Gasteiger partial charge in [-0.05, 0) is 12.8 Å². The molecule has 0 spiro atoms. The van der Waals surface area contributed by atoms with Crippen LogP contribution in [0.3, 0.4) is 0 Å². The molecule has 1 aliphatic rings. The van der Waals surface area contributed by atoms with E-state index in [-0.39, 0.29) is 5.41 Å². The van der Waals surface area contributed by atoms with Crippen LogP contribution in [0, 0.1) is 0 Å². The van der Waals surface area contributed by atoms with Crippen LogP contribution in [0.25, 0.3) is 0 Å². The molecule has 2 N–H and O–H groups in total. The topological polar surface area (TPSA) is 49.3 Å². The molecule has 2 rings (SSSR count). The number of aromatic nitrogens is 1. The third-order valence-corrected chi connectivity index (χ3v) is 4.75. The number of thiazole rings is 1. The maximum atomic E-state index is 4.71. The van der Waals surface area contributed by atoms with Crippen molar-refractivity contribution >= 4 is 17.3 Å². The van der Waals surface area contributed by atoms with Gasteiger partial charge in [0.05, 0.1) is 12.2 Å². The molecule has 1 heterocycles. The van der Waals surface area contributed by atoms with Crippen molar-refractivity contribution in [1.29, 1.82) is 0 Å². The SMILES string of the molecule is CN=C(NCc1nc(C(C)(C)C)cs1)NC1CCCCC1. The van der Waals surface area contributed by atoms with Gasteiger partial charge < -0.3 is 10.6 Å². The molecule has 4 nitrogen and oxygen atoms in total. The van der Waals surface area contributed by atoms with Gasteiger partial charge in [0.2, 0.25) is 0 Å². The molecule has 0 bridgehead atoms. The van der Waals surface area contributed by atoms with Gasteiger partial charge in [0.1, 0.15) is 5.01 Å². The molecule has 0 aromatic carbocycles. The number of rotatable bonds is 3. The van der Waals surface area contributed by atoms with E-state index in [0.717, 1.165) is 17.5 Å². The summed E-state index contributed by atoms with van der Waals surface area (Å²) in [5.74, 6) is 0.898. The summed E-state index contributed by atoms with van der Waals surface area (Å²) in [6.45, 7) is 7.33. The summed E-state index contributed by atoms with van der Waals surface area (Å²) in [7, 11) is 1.83. The fourth-order valence-electron chi connectivity index (χ4n) is 2.53. The van der Waals surface area contributed by atoms with Gasteiger partial charge in [0.25, 0.3) is 0 Å². The molecule has 21 heavy (non-hydrogen) atoms. The lowest BCUT2D eigenvalue weighted by atomic mass is 9.93. The first-order chi connectivity index (χ1) is 9.99. The Morgan fingerprint density at radius 3 is 2.62 bits per heavy atom. The van der Waals surface area contributed by atoms with Crippen molar-refractivity contribution in [2.45, 2.75) is 70.9 Å². The molecule has 1 aromatic heterocycles. The Hall–Kier alpha value is -1.10. The zero-order chi connectivity index (χ0) is 15.3. The molecule has 0 saturated heterocycles. The van der Waals surface area contributed by atoms with Crippen LogP contribution >= 0.6 is 11.3 Å². The van der Waals surface area contributed by atoms with E-state index >= 15 is 0 Å². The third kappa shape index (κ3) is 4.99. The zero-order valence-electron chi connectivity index (χ0n) is 13.7. The van der Waals surface area contributed by atoms with Gasteiger partial charge in [0, 0.05) is 23.9 Å². The minimum atomic E-state index is 0.122. The van der Waals surface area contributed by atoms with E-state index in [1.807, 2.05) is 7.05 Å². The Balaban J connectivity index is 1.84. The Labute approximate surface area is 132 Å². The molecule has 1 aliphatic carbocycles. The van der Waals surface area contributed by atoms with E-state index in [1.54, 1.807) is 11.3 Å². The van der Waals surface area contributed by atoms with Gasteiger partial charge in [0.15, 0.2) is 5.96 Å². The monoisotopic (exact) mass is 308 g/mol. The highest BCUT2D eigenvalue weighted by molar-refractivity contribution is 7.09. The first-order valence-electron chi connectivity index (χ1n) is 7.91. The third-order valence-electron chi connectivity index (χ3n) is 3.90. The highest BCUT2D eigenvalue weighted by Gasteiger charge is 2.18. The van der Waals surface area contributed by atoms with Gasteiger partial charge >= 0.3 is 0 Å². The number of guanidine groups is 1. The van der Waals surface area contributed by atoms with E-state index in [4.69, 9.17) is 4.98 Å². The van der Waals surface area contributed by atoms with Crippen LogP contribution in [0.4, 0.5) is 0 Å². The summed E-state index contributed by atoms with van der Waals surface area (Å²) in [5.41, 5.74) is 1.29. The van der Waals surface area contributed by atoms with E-state index in [2.05, 4.69) is 41.8 Å². The molecule has 0 atom stereocenters. The molecule has 5 heteroatoms. The zero-order valence-corrected chi connectivity index (χ0v) is 14.5. The molecular weight excluding hydrogens is 280 g/mol. The fraction of sp³-hybridized carbons (Fsp3) is 0.750. The lowest BCUT2D eigenvalue weighted by molar-refractivity contribution is 0.410. The maximum absolute atomic E-state index is 4.71. The molecule has 0 amide bonds.